The van der Waals surface area contributed by atoms with E-state index in [0.29, 0.717) is 30.9 Å². The van der Waals surface area contributed by atoms with Gasteiger partial charge in [0.05, 0.1) is 0 Å². The van der Waals surface area contributed by atoms with E-state index in [1.807, 2.05) is 13.0 Å². The maximum absolute atomic E-state index is 13.7. The van der Waals surface area contributed by atoms with Gasteiger partial charge < -0.3 is 5.32 Å². The summed E-state index contributed by atoms with van der Waals surface area (Å²) >= 11 is 0. The molecule has 3 rings (SSSR count). The first-order valence-corrected chi connectivity index (χ1v) is 6.09. The SMILES string of the molecule is CCN=C1NC(=O)C2(CCc3c(F)cccc32)N1. The Hall–Kier alpha value is -1.91. The number of nitrogens with zero attached hydrogens (tertiary/aromatic N) is 1. The summed E-state index contributed by atoms with van der Waals surface area (Å²) in [6.07, 6.45) is 1.14. The van der Waals surface area contributed by atoms with Crippen LogP contribution in [0.5, 0.6) is 0 Å². The number of benzene rings is 1. The minimum atomic E-state index is -0.828. The number of halogens is 1. The van der Waals surface area contributed by atoms with Crippen LogP contribution in [0.3, 0.4) is 0 Å². The maximum Gasteiger partial charge on any atom is 0.257 e. The molecule has 94 valence electrons. The molecule has 1 amide bonds. The second-order valence-corrected chi connectivity index (χ2v) is 4.57. The van der Waals surface area contributed by atoms with Crippen molar-refractivity contribution in [2.75, 3.05) is 6.54 Å². The molecule has 1 aliphatic carbocycles. The van der Waals surface area contributed by atoms with E-state index < -0.39 is 5.54 Å². The third-order valence-electron chi connectivity index (χ3n) is 3.60. The number of hydrogen-bond donors (Lipinski definition) is 2. The highest BCUT2D eigenvalue weighted by atomic mass is 19.1. The van der Waals surface area contributed by atoms with Gasteiger partial charge in [-0.1, -0.05) is 12.1 Å². The summed E-state index contributed by atoms with van der Waals surface area (Å²) in [7, 11) is 0. The van der Waals surface area contributed by atoms with Crippen LogP contribution < -0.4 is 10.6 Å². The van der Waals surface area contributed by atoms with Gasteiger partial charge in [0.2, 0.25) is 0 Å². The highest BCUT2D eigenvalue weighted by Gasteiger charge is 2.51. The molecule has 18 heavy (non-hydrogen) atoms. The monoisotopic (exact) mass is 247 g/mol. The van der Waals surface area contributed by atoms with Crippen molar-refractivity contribution in [1.82, 2.24) is 10.6 Å². The quantitative estimate of drug-likeness (QED) is 0.779. The molecule has 1 aromatic rings. The Morgan fingerprint density at radius 1 is 1.50 bits per heavy atom. The summed E-state index contributed by atoms with van der Waals surface area (Å²) in [5.41, 5.74) is 0.546. The lowest BCUT2D eigenvalue weighted by molar-refractivity contribution is -0.124. The lowest BCUT2D eigenvalue weighted by Crippen LogP contribution is -2.41. The molecule has 0 aromatic heterocycles. The Labute approximate surface area is 104 Å². The Morgan fingerprint density at radius 3 is 3.11 bits per heavy atom. The molecule has 1 atom stereocenters. The van der Waals surface area contributed by atoms with Crippen molar-refractivity contribution < 1.29 is 9.18 Å². The van der Waals surface area contributed by atoms with E-state index >= 15 is 0 Å². The van der Waals surface area contributed by atoms with E-state index in [9.17, 15) is 9.18 Å². The molecule has 1 unspecified atom stereocenters. The van der Waals surface area contributed by atoms with Gasteiger partial charge in [0.25, 0.3) is 5.91 Å². The minimum Gasteiger partial charge on any atom is -0.338 e. The molecule has 4 nitrogen and oxygen atoms in total. The van der Waals surface area contributed by atoms with Gasteiger partial charge in [-0.05, 0) is 37.0 Å². The van der Waals surface area contributed by atoms with E-state index in [1.54, 1.807) is 6.07 Å². The maximum atomic E-state index is 13.7. The van der Waals surface area contributed by atoms with Gasteiger partial charge in [0, 0.05) is 6.54 Å². The van der Waals surface area contributed by atoms with Crippen molar-refractivity contribution in [3.05, 3.63) is 35.1 Å². The fraction of sp³-hybridized carbons (Fsp3) is 0.385. The lowest BCUT2D eigenvalue weighted by Gasteiger charge is -2.21. The fourth-order valence-corrected chi connectivity index (χ4v) is 2.77. The molecule has 2 aliphatic rings. The zero-order valence-corrected chi connectivity index (χ0v) is 10.1. The minimum absolute atomic E-state index is 0.140. The zero-order chi connectivity index (χ0) is 12.8. The fourth-order valence-electron chi connectivity index (χ4n) is 2.77. The predicted molar refractivity (Wildman–Crippen MR) is 65.7 cm³/mol. The number of nitrogens with one attached hydrogen (secondary N) is 2. The molecule has 5 heteroatoms. The molecular weight excluding hydrogens is 233 g/mol. The van der Waals surface area contributed by atoms with Gasteiger partial charge in [-0.3, -0.25) is 15.1 Å². The van der Waals surface area contributed by atoms with Crippen molar-refractivity contribution in [3.8, 4) is 0 Å². The normalized spacial score (nSPS) is 27.4. The number of carbonyl (C=O) groups excluding carboxylic acids is 1. The van der Waals surface area contributed by atoms with Gasteiger partial charge in [-0.2, -0.15) is 0 Å². The number of hydrogen-bond acceptors (Lipinski definition) is 2. The number of aliphatic imine (C=N–C) groups is 1. The number of fused-ring (bicyclic) bond motifs is 2. The Bertz CT molecular complexity index is 555. The van der Waals surface area contributed by atoms with Crippen molar-refractivity contribution in [1.29, 1.82) is 0 Å². The second-order valence-electron chi connectivity index (χ2n) is 4.57. The van der Waals surface area contributed by atoms with Gasteiger partial charge in [-0.15, -0.1) is 0 Å². The second kappa shape index (κ2) is 3.80. The van der Waals surface area contributed by atoms with E-state index in [2.05, 4.69) is 15.6 Å². The molecule has 1 heterocycles. The third kappa shape index (κ3) is 1.36. The Balaban J connectivity index is 2.08. The standard InChI is InChI=1S/C13H14FN3O/c1-2-15-12-16-11(18)13(17-12)7-6-8-9(13)4-3-5-10(8)14/h3-5H,2,6-7H2,1H3,(H2,15,16,17,18). The third-order valence-corrected chi connectivity index (χ3v) is 3.60. The first kappa shape index (κ1) is 11.2. The number of rotatable bonds is 1. The largest absolute Gasteiger partial charge is 0.338 e. The molecule has 1 saturated heterocycles. The summed E-state index contributed by atoms with van der Waals surface area (Å²) in [4.78, 5) is 16.3. The van der Waals surface area contributed by atoms with Crippen LogP contribution in [0.1, 0.15) is 24.5 Å². The molecule has 0 bridgehead atoms. The smallest absolute Gasteiger partial charge is 0.257 e. The Kier molecular flexibility index (Phi) is 2.36. The van der Waals surface area contributed by atoms with Gasteiger partial charge in [0.15, 0.2) is 5.96 Å². The number of amides is 1. The number of carbonyl (C=O) groups is 1. The lowest BCUT2D eigenvalue weighted by atomic mass is 9.92. The van der Waals surface area contributed by atoms with Crippen LogP contribution in [0.4, 0.5) is 4.39 Å². The summed E-state index contributed by atoms with van der Waals surface area (Å²) < 4.78 is 13.7. The molecular formula is C13H14FN3O. The average molecular weight is 247 g/mol. The highest BCUT2D eigenvalue weighted by molar-refractivity contribution is 6.09. The summed E-state index contributed by atoms with van der Waals surface area (Å²) in [5.74, 6) is 0.110. The zero-order valence-electron chi connectivity index (χ0n) is 10.1. The summed E-state index contributed by atoms with van der Waals surface area (Å²) in [5, 5.41) is 5.85. The topological polar surface area (TPSA) is 53.5 Å². The van der Waals surface area contributed by atoms with Crippen LogP contribution >= 0.6 is 0 Å². The molecule has 1 spiro atoms. The van der Waals surface area contributed by atoms with Crippen molar-refractivity contribution in [2.45, 2.75) is 25.3 Å². The van der Waals surface area contributed by atoms with E-state index in [1.165, 1.54) is 6.07 Å². The van der Waals surface area contributed by atoms with Gasteiger partial charge in [-0.25, -0.2) is 4.39 Å². The van der Waals surface area contributed by atoms with Crippen molar-refractivity contribution in [2.24, 2.45) is 4.99 Å². The van der Waals surface area contributed by atoms with Gasteiger partial charge >= 0.3 is 0 Å². The van der Waals surface area contributed by atoms with Gasteiger partial charge in [0.1, 0.15) is 11.4 Å². The number of guanidine groups is 1. The average Bonchev–Trinajstić information content (AvgIpc) is 2.85. The van der Waals surface area contributed by atoms with Crippen LogP contribution in [0, 0.1) is 5.82 Å². The van der Waals surface area contributed by atoms with Crippen LogP contribution in [-0.4, -0.2) is 18.4 Å². The summed E-state index contributed by atoms with van der Waals surface area (Å²) in [6, 6.07) is 4.89. The molecule has 1 aliphatic heterocycles. The van der Waals surface area contributed by atoms with Crippen LogP contribution in [0.25, 0.3) is 0 Å². The first-order valence-electron chi connectivity index (χ1n) is 6.09. The van der Waals surface area contributed by atoms with Crippen LogP contribution in [-0.2, 0) is 16.8 Å². The van der Waals surface area contributed by atoms with E-state index in [0.717, 1.165) is 5.56 Å². The first-order chi connectivity index (χ1) is 8.67. The van der Waals surface area contributed by atoms with Crippen molar-refractivity contribution in [3.63, 3.8) is 0 Å². The van der Waals surface area contributed by atoms with Crippen LogP contribution in [0.15, 0.2) is 23.2 Å². The molecule has 1 fully saturated rings. The van der Waals surface area contributed by atoms with Crippen molar-refractivity contribution >= 4 is 11.9 Å². The molecule has 2 N–H and O–H groups in total. The molecule has 0 radical (unpaired) electrons. The summed E-state index contributed by atoms with van der Waals surface area (Å²) in [6.45, 7) is 2.49. The molecule has 0 saturated carbocycles. The highest BCUT2D eigenvalue weighted by Crippen LogP contribution is 2.39. The Morgan fingerprint density at radius 2 is 2.33 bits per heavy atom. The van der Waals surface area contributed by atoms with E-state index in [-0.39, 0.29) is 11.7 Å². The molecule has 1 aromatic carbocycles. The predicted octanol–water partition coefficient (Wildman–Crippen LogP) is 1.06. The van der Waals surface area contributed by atoms with E-state index in [4.69, 9.17) is 0 Å². The van der Waals surface area contributed by atoms with Crippen LogP contribution in [0.2, 0.25) is 0 Å².